The molecule has 110 valence electrons. The molecule has 1 unspecified atom stereocenters. The Hall–Kier alpha value is -1.39. The second-order valence-electron chi connectivity index (χ2n) is 5.85. The number of aliphatic hydroxyl groups excluding tert-OH is 1. The number of rotatable bonds is 4. The predicted molar refractivity (Wildman–Crippen MR) is 79.2 cm³/mol. The highest BCUT2D eigenvalue weighted by Crippen LogP contribution is 2.23. The van der Waals surface area contributed by atoms with E-state index in [1.54, 1.807) is 0 Å². The third-order valence-corrected chi connectivity index (χ3v) is 4.21. The van der Waals surface area contributed by atoms with Gasteiger partial charge in [-0.05, 0) is 50.9 Å². The summed E-state index contributed by atoms with van der Waals surface area (Å²) in [5, 5.41) is 10.4. The Labute approximate surface area is 120 Å². The van der Waals surface area contributed by atoms with Gasteiger partial charge < -0.3 is 15.7 Å². The van der Waals surface area contributed by atoms with Crippen LogP contribution in [0.15, 0.2) is 18.2 Å². The van der Waals surface area contributed by atoms with Gasteiger partial charge in [0.2, 0.25) is 5.91 Å². The summed E-state index contributed by atoms with van der Waals surface area (Å²) in [5.74, 6) is -0.191. The normalized spacial score (nSPS) is 18.9. The fourth-order valence-corrected chi connectivity index (χ4v) is 2.94. The van der Waals surface area contributed by atoms with Crippen molar-refractivity contribution >= 4 is 5.91 Å². The van der Waals surface area contributed by atoms with Crippen LogP contribution >= 0.6 is 0 Å². The van der Waals surface area contributed by atoms with Gasteiger partial charge in [-0.1, -0.05) is 23.8 Å². The Morgan fingerprint density at radius 2 is 2.05 bits per heavy atom. The lowest BCUT2D eigenvalue weighted by molar-refractivity contribution is -0.123. The first-order valence-electron chi connectivity index (χ1n) is 7.24. The number of carbonyl (C=O) groups is 1. The summed E-state index contributed by atoms with van der Waals surface area (Å²) in [7, 11) is 0. The molecular weight excluding hydrogens is 252 g/mol. The third-order valence-electron chi connectivity index (χ3n) is 4.21. The van der Waals surface area contributed by atoms with Crippen LogP contribution in [-0.4, -0.2) is 35.5 Å². The molecular formula is C16H24N2O2. The molecule has 1 heterocycles. The number of benzene rings is 1. The smallest absolute Gasteiger partial charge is 0.220 e. The molecule has 20 heavy (non-hydrogen) atoms. The quantitative estimate of drug-likeness (QED) is 0.876. The van der Waals surface area contributed by atoms with Crippen molar-refractivity contribution in [2.45, 2.75) is 32.8 Å². The Balaban J connectivity index is 1.92. The van der Waals surface area contributed by atoms with Crippen molar-refractivity contribution in [3.63, 3.8) is 0 Å². The summed E-state index contributed by atoms with van der Waals surface area (Å²) in [4.78, 5) is 13.3. The van der Waals surface area contributed by atoms with E-state index in [0.29, 0.717) is 6.54 Å². The van der Waals surface area contributed by atoms with Crippen LogP contribution < -0.4 is 5.73 Å². The van der Waals surface area contributed by atoms with E-state index in [4.69, 9.17) is 5.73 Å². The first-order chi connectivity index (χ1) is 9.47. The molecule has 0 aromatic heterocycles. The third kappa shape index (κ3) is 3.58. The first-order valence-corrected chi connectivity index (χ1v) is 7.24. The maximum atomic E-state index is 11.1. The van der Waals surface area contributed by atoms with Gasteiger partial charge in [-0.3, -0.25) is 4.79 Å². The molecule has 1 amide bonds. The number of piperidine rings is 1. The van der Waals surface area contributed by atoms with Crippen LogP contribution in [0.3, 0.4) is 0 Å². The van der Waals surface area contributed by atoms with Crippen LogP contribution in [0.2, 0.25) is 0 Å². The van der Waals surface area contributed by atoms with E-state index in [0.717, 1.165) is 37.1 Å². The van der Waals surface area contributed by atoms with Crippen molar-refractivity contribution in [3.8, 4) is 0 Å². The van der Waals surface area contributed by atoms with Crippen molar-refractivity contribution in [1.82, 2.24) is 4.90 Å². The number of β-amino-alcohol motifs (C(OH)–C–C–N with tert-alkyl or cyclic N) is 1. The molecule has 0 saturated carbocycles. The van der Waals surface area contributed by atoms with Gasteiger partial charge in [-0.25, -0.2) is 0 Å². The number of amides is 1. The molecule has 1 aromatic carbocycles. The lowest BCUT2D eigenvalue weighted by Gasteiger charge is -2.32. The predicted octanol–water partition coefficient (Wildman–Crippen LogP) is 1.53. The SMILES string of the molecule is Cc1ccc(C(O)CN2CCC(C(N)=O)CC2)c(C)c1. The van der Waals surface area contributed by atoms with Crippen LogP contribution in [0.1, 0.15) is 35.6 Å². The second-order valence-corrected chi connectivity index (χ2v) is 5.85. The number of hydrogen-bond acceptors (Lipinski definition) is 3. The van der Waals surface area contributed by atoms with E-state index in [-0.39, 0.29) is 11.8 Å². The number of carbonyl (C=O) groups excluding carboxylic acids is 1. The molecule has 1 aromatic rings. The minimum atomic E-state index is -0.472. The standard InChI is InChI=1S/C16H24N2O2/c1-11-3-4-14(12(2)9-11)15(19)10-18-7-5-13(6-8-18)16(17)20/h3-4,9,13,15,19H,5-8,10H2,1-2H3,(H2,17,20). The topological polar surface area (TPSA) is 66.6 Å². The average Bonchev–Trinajstić information content (AvgIpc) is 2.39. The largest absolute Gasteiger partial charge is 0.387 e. The summed E-state index contributed by atoms with van der Waals surface area (Å²) in [5.41, 5.74) is 8.66. The molecule has 0 spiro atoms. The zero-order chi connectivity index (χ0) is 14.7. The minimum Gasteiger partial charge on any atom is -0.387 e. The monoisotopic (exact) mass is 276 g/mol. The van der Waals surface area contributed by atoms with Crippen LogP contribution in [0.4, 0.5) is 0 Å². The number of primary amides is 1. The molecule has 4 heteroatoms. The van der Waals surface area contributed by atoms with Crippen LogP contribution in [-0.2, 0) is 4.79 Å². The van der Waals surface area contributed by atoms with Crippen LogP contribution in [0, 0.1) is 19.8 Å². The van der Waals surface area contributed by atoms with E-state index in [2.05, 4.69) is 17.9 Å². The molecule has 1 saturated heterocycles. The van der Waals surface area contributed by atoms with Gasteiger partial charge >= 0.3 is 0 Å². The molecule has 0 bridgehead atoms. The van der Waals surface area contributed by atoms with Gasteiger partial charge in [0.05, 0.1) is 6.10 Å². The summed E-state index contributed by atoms with van der Waals surface area (Å²) in [6, 6.07) is 6.13. The van der Waals surface area contributed by atoms with Gasteiger partial charge in [0.25, 0.3) is 0 Å². The minimum absolute atomic E-state index is 0.00417. The maximum absolute atomic E-state index is 11.1. The number of nitrogens with two attached hydrogens (primary N) is 1. The zero-order valence-electron chi connectivity index (χ0n) is 12.3. The second kappa shape index (κ2) is 6.37. The van der Waals surface area contributed by atoms with Crippen molar-refractivity contribution in [1.29, 1.82) is 0 Å². The van der Waals surface area contributed by atoms with E-state index in [9.17, 15) is 9.90 Å². The zero-order valence-corrected chi connectivity index (χ0v) is 12.3. The van der Waals surface area contributed by atoms with Gasteiger partial charge in [-0.15, -0.1) is 0 Å². The highest BCUT2D eigenvalue weighted by Gasteiger charge is 2.24. The Morgan fingerprint density at radius 1 is 1.40 bits per heavy atom. The summed E-state index contributed by atoms with van der Waals surface area (Å²) >= 11 is 0. The van der Waals surface area contributed by atoms with E-state index < -0.39 is 6.10 Å². The molecule has 4 nitrogen and oxygen atoms in total. The molecule has 0 aliphatic carbocycles. The molecule has 1 aliphatic rings. The number of hydrogen-bond donors (Lipinski definition) is 2. The number of nitrogens with zero attached hydrogens (tertiary/aromatic N) is 1. The fraction of sp³-hybridized carbons (Fsp3) is 0.562. The van der Waals surface area contributed by atoms with Crippen molar-refractivity contribution < 1.29 is 9.90 Å². The number of likely N-dealkylation sites (tertiary alicyclic amines) is 1. The number of aryl methyl sites for hydroxylation is 2. The average molecular weight is 276 g/mol. The first kappa shape index (κ1) is 15.0. The molecule has 1 aliphatic heterocycles. The van der Waals surface area contributed by atoms with Gasteiger partial charge in [0, 0.05) is 12.5 Å². The highest BCUT2D eigenvalue weighted by molar-refractivity contribution is 5.76. The fourth-order valence-electron chi connectivity index (χ4n) is 2.94. The maximum Gasteiger partial charge on any atom is 0.220 e. The molecule has 1 atom stereocenters. The van der Waals surface area contributed by atoms with Crippen LogP contribution in [0.5, 0.6) is 0 Å². The summed E-state index contributed by atoms with van der Waals surface area (Å²) in [6.07, 6.45) is 1.13. The Kier molecular flexibility index (Phi) is 4.78. The molecule has 1 fully saturated rings. The van der Waals surface area contributed by atoms with Crippen LogP contribution in [0.25, 0.3) is 0 Å². The summed E-state index contributed by atoms with van der Waals surface area (Å²) < 4.78 is 0. The van der Waals surface area contributed by atoms with Crippen molar-refractivity contribution in [2.75, 3.05) is 19.6 Å². The molecule has 3 N–H and O–H groups in total. The van der Waals surface area contributed by atoms with Crippen molar-refractivity contribution in [2.24, 2.45) is 11.7 Å². The molecule has 2 rings (SSSR count). The Morgan fingerprint density at radius 3 is 2.60 bits per heavy atom. The van der Waals surface area contributed by atoms with Gasteiger partial charge in [-0.2, -0.15) is 0 Å². The number of aliphatic hydroxyl groups is 1. The molecule has 0 radical (unpaired) electrons. The van der Waals surface area contributed by atoms with Gasteiger partial charge in [0.15, 0.2) is 0 Å². The van der Waals surface area contributed by atoms with E-state index >= 15 is 0 Å². The summed E-state index contributed by atoms with van der Waals surface area (Å²) in [6.45, 7) is 6.36. The highest BCUT2D eigenvalue weighted by atomic mass is 16.3. The van der Waals surface area contributed by atoms with Crippen molar-refractivity contribution in [3.05, 3.63) is 34.9 Å². The van der Waals surface area contributed by atoms with Gasteiger partial charge in [0.1, 0.15) is 0 Å². The van der Waals surface area contributed by atoms with E-state index in [1.165, 1.54) is 5.56 Å². The lowest BCUT2D eigenvalue weighted by Crippen LogP contribution is -2.40. The van der Waals surface area contributed by atoms with E-state index in [1.807, 2.05) is 19.1 Å². The lowest BCUT2D eigenvalue weighted by atomic mass is 9.95. The Bertz CT molecular complexity index is 479.